The molecular formula is C15H16FNO3. The molecule has 0 aliphatic heterocycles. The Labute approximate surface area is 116 Å². The van der Waals surface area contributed by atoms with E-state index in [4.69, 9.17) is 4.74 Å². The normalized spacial score (nSPS) is 12.2. The monoisotopic (exact) mass is 277 g/mol. The molecule has 0 spiro atoms. The number of aromatic nitrogens is 1. The van der Waals surface area contributed by atoms with Crippen molar-refractivity contribution in [3.05, 3.63) is 64.3 Å². The Morgan fingerprint density at radius 3 is 2.85 bits per heavy atom. The van der Waals surface area contributed by atoms with Crippen LogP contribution in [-0.2, 0) is 6.54 Å². The zero-order valence-electron chi connectivity index (χ0n) is 11.1. The van der Waals surface area contributed by atoms with E-state index in [0.717, 1.165) is 0 Å². The highest BCUT2D eigenvalue weighted by Crippen LogP contribution is 2.25. The number of hydrogen-bond donors (Lipinski definition) is 1. The minimum atomic E-state index is -0.745. The summed E-state index contributed by atoms with van der Waals surface area (Å²) in [6.07, 6.45) is 0.914. The smallest absolute Gasteiger partial charge is 0.250 e. The van der Waals surface area contributed by atoms with Crippen LogP contribution < -0.4 is 10.3 Å². The summed E-state index contributed by atoms with van der Waals surface area (Å²) in [5.41, 5.74) is 0.401. The maximum atomic E-state index is 13.2. The molecule has 1 atom stereocenters. The molecule has 0 unspecified atom stereocenters. The van der Waals surface area contributed by atoms with Crippen LogP contribution in [0.25, 0.3) is 0 Å². The van der Waals surface area contributed by atoms with Crippen LogP contribution >= 0.6 is 0 Å². The summed E-state index contributed by atoms with van der Waals surface area (Å²) in [7, 11) is 0. The van der Waals surface area contributed by atoms with Gasteiger partial charge in [0.05, 0.1) is 12.6 Å². The van der Waals surface area contributed by atoms with Crippen molar-refractivity contribution in [2.45, 2.75) is 19.6 Å². The zero-order chi connectivity index (χ0) is 14.5. The number of rotatable bonds is 5. The van der Waals surface area contributed by atoms with Crippen LogP contribution in [-0.4, -0.2) is 16.3 Å². The van der Waals surface area contributed by atoms with Crippen molar-refractivity contribution in [2.24, 2.45) is 0 Å². The number of nitrogens with zero attached hydrogens (tertiary/aromatic N) is 1. The second-order valence-electron chi connectivity index (χ2n) is 4.44. The summed E-state index contributed by atoms with van der Waals surface area (Å²) >= 11 is 0. The van der Waals surface area contributed by atoms with Gasteiger partial charge < -0.3 is 14.4 Å². The molecule has 1 heterocycles. The molecule has 5 heteroatoms. The van der Waals surface area contributed by atoms with Gasteiger partial charge in [0.2, 0.25) is 0 Å². The molecular weight excluding hydrogens is 261 g/mol. The van der Waals surface area contributed by atoms with Crippen molar-refractivity contribution in [2.75, 3.05) is 6.61 Å². The van der Waals surface area contributed by atoms with E-state index in [2.05, 4.69) is 0 Å². The van der Waals surface area contributed by atoms with Gasteiger partial charge in [0.25, 0.3) is 5.56 Å². The Morgan fingerprint density at radius 2 is 2.15 bits per heavy atom. The van der Waals surface area contributed by atoms with Gasteiger partial charge in [-0.25, -0.2) is 4.39 Å². The van der Waals surface area contributed by atoms with Gasteiger partial charge >= 0.3 is 0 Å². The Kier molecular flexibility index (Phi) is 4.53. The first-order valence-electron chi connectivity index (χ1n) is 6.33. The standard InChI is InChI=1S/C15H16FNO3/c1-11(18)13-6-5-12(16)10-14(13)20-9-8-17-7-3-2-4-15(17)19/h2-7,10-11,18H,8-9H2,1H3/t11-/m0/s1. The molecule has 0 bridgehead atoms. The molecule has 0 amide bonds. The third-order valence-electron chi connectivity index (χ3n) is 2.91. The second kappa shape index (κ2) is 6.34. The molecule has 2 rings (SSSR count). The van der Waals surface area contributed by atoms with Crippen molar-refractivity contribution < 1.29 is 14.2 Å². The number of aliphatic hydroxyl groups excluding tert-OH is 1. The van der Waals surface area contributed by atoms with Crippen molar-refractivity contribution in [3.8, 4) is 5.75 Å². The predicted octanol–water partition coefficient (Wildman–Crippen LogP) is 2.12. The fraction of sp³-hybridized carbons (Fsp3) is 0.267. The molecule has 0 radical (unpaired) electrons. The van der Waals surface area contributed by atoms with Crippen LogP contribution in [0.4, 0.5) is 4.39 Å². The number of halogens is 1. The van der Waals surface area contributed by atoms with Crippen LogP contribution in [0.5, 0.6) is 5.75 Å². The average molecular weight is 277 g/mol. The summed E-state index contributed by atoms with van der Waals surface area (Å²) in [5, 5.41) is 9.60. The van der Waals surface area contributed by atoms with Crippen molar-refractivity contribution in [3.63, 3.8) is 0 Å². The molecule has 1 N–H and O–H groups in total. The molecule has 0 fully saturated rings. The van der Waals surface area contributed by atoms with Crippen molar-refractivity contribution in [1.82, 2.24) is 4.57 Å². The highest BCUT2D eigenvalue weighted by atomic mass is 19.1. The highest BCUT2D eigenvalue weighted by Gasteiger charge is 2.10. The topological polar surface area (TPSA) is 51.5 Å². The molecule has 0 aliphatic carbocycles. The molecule has 1 aromatic heterocycles. The van der Waals surface area contributed by atoms with E-state index in [1.54, 1.807) is 25.3 Å². The van der Waals surface area contributed by atoms with Gasteiger partial charge in [0.15, 0.2) is 0 Å². The Bertz CT molecular complexity index is 637. The van der Waals surface area contributed by atoms with E-state index in [9.17, 15) is 14.3 Å². The van der Waals surface area contributed by atoms with Gasteiger partial charge in [-0.15, -0.1) is 0 Å². The van der Waals surface area contributed by atoms with Gasteiger partial charge in [-0.3, -0.25) is 4.79 Å². The van der Waals surface area contributed by atoms with Crippen molar-refractivity contribution >= 4 is 0 Å². The third kappa shape index (κ3) is 3.45. The molecule has 2 aromatic rings. The lowest BCUT2D eigenvalue weighted by Crippen LogP contribution is -2.21. The number of aliphatic hydroxyl groups is 1. The summed E-state index contributed by atoms with van der Waals surface area (Å²) in [4.78, 5) is 11.5. The molecule has 4 nitrogen and oxygen atoms in total. The van der Waals surface area contributed by atoms with E-state index < -0.39 is 11.9 Å². The molecule has 0 saturated heterocycles. The van der Waals surface area contributed by atoms with Crippen LogP contribution in [0.1, 0.15) is 18.6 Å². The SMILES string of the molecule is C[C@H](O)c1ccc(F)cc1OCCn1ccccc1=O. The van der Waals surface area contributed by atoms with Gasteiger partial charge in [-0.05, 0) is 25.1 Å². The lowest BCUT2D eigenvalue weighted by Gasteiger charge is -2.14. The Balaban J connectivity index is 2.06. The van der Waals surface area contributed by atoms with Crippen LogP contribution in [0.15, 0.2) is 47.4 Å². The van der Waals surface area contributed by atoms with Crippen LogP contribution in [0.2, 0.25) is 0 Å². The summed E-state index contributed by atoms with van der Waals surface area (Å²) < 4.78 is 20.2. The van der Waals surface area contributed by atoms with Crippen molar-refractivity contribution in [1.29, 1.82) is 0 Å². The molecule has 0 saturated carbocycles. The zero-order valence-corrected chi connectivity index (χ0v) is 11.1. The van der Waals surface area contributed by atoms with Gasteiger partial charge in [0.1, 0.15) is 18.2 Å². The lowest BCUT2D eigenvalue weighted by atomic mass is 10.1. The van der Waals surface area contributed by atoms with E-state index in [1.807, 2.05) is 0 Å². The van der Waals surface area contributed by atoms with Crippen LogP contribution in [0.3, 0.4) is 0 Å². The lowest BCUT2D eigenvalue weighted by molar-refractivity contribution is 0.190. The molecule has 1 aromatic carbocycles. The number of hydrogen-bond acceptors (Lipinski definition) is 3. The maximum Gasteiger partial charge on any atom is 0.250 e. The second-order valence-corrected chi connectivity index (χ2v) is 4.44. The van der Waals surface area contributed by atoms with E-state index in [-0.39, 0.29) is 12.2 Å². The Morgan fingerprint density at radius 1 is 1.35 bits per heavy atom. The summed E-state index contributed by atoms with van der Waals surface area (Å²) in [5.74, 6) is -0.134. The number of benzene rings is 1. The van der Waals surface area contributed by atoms with E-state index >= 15 is 0 Å². The Hall–Kier alpha value is -2.14. The number of ether oxygens (including phenoxy) is 1. The fourth-order valence-electron chi connectivity index (χ4n) is 1.88. The fourth-order valence-corrected chi connectivity index (χ4v) is 1.88. The van der Waals surface area contributed by atoms with E-state index in [1.165, 1.54) is 28.8 Å². The first-order valence-corrected chi connectivity index (χ1v) is 6.33. The largest absolute Gasteiger partial charge is 0.491 e. The van der Waals surface area contributed by atoms with Gasteiger partial charge in [0, 0.05) is 23.9 Å². The molecule has 20 heavy (non-hydrogen) atoms. The molecule has 106 valence electrons. The van der Waals surface area contributed by atoms with Crippen LogP contribution in [0, 0.1) is 5.82 Å². The first-order chi connectivity index (χ1) is 9.58. The number of pyridine rings is 1. The van der Waals surface area contributed by atoms with E-state index in [0.29, 0.717) is 17.9 Å². The first kappa shape index (κ1) is 14.3. The summed E-state index contributed by atoms with van der Waals surface area (Å²) in [6, 6.07) is 8.88. The summed E-state index contributed by atoms with van der Waals surface area (Å²) in [6.45, 7) is 2.16. The van der Waals surface area contributed by atoms with Gasteiger partial charge in [-0.1, -0.05) is 6.07 Å². The third-order valence-corrected chi connectivity index (χ3v) is 2.91. The quantitative estimate of drug-likeness (QED) is 0.910. The van der Waals surface area contributed by atoms with Gasteiger partial charge in [-0.2, -0.15) is 0 Å². The molecule has 0 aliphatic rings. The average Bonchev–Trinajstić information content (AvgIpc) is 2.41. The highest BCUT2D eigenvalue weighted by molar-refractivity contribution is 5.35. The minimum Gasteiger partial charge on any atom is -0.491 e. The predicted molar refractivity (Wildman–Crippen MR) is 73.2 cm³/mol. The minimum absolute atomic E-state index is 0.119. The maximum absolute atomic E-state index is 13.2.